The first-order valence-electron chi connectivity index (χ1n) is 7.17. The van der Waals surface area contributed by atoms with Crippen LogP contribution >= 0.6 is 0 Å². The molecule has 1 aromatic heterocycles. The standard InChI is InChI=1S/C18H22N2.2ClH.Ni/c1-13(2)16-9-7-10-17(14(3)4)18(16)20-12-15-8-5-6-11-19-15;;;/h5-14H,1-4H3;2*1H;/q;;;+2/p-2. The maximum atomic E-state index is 4.73. The van der Waals surface area contributed by atoms with Crippen molar-refractivity contribution in [2.24, 2.45) is 4.99 Å². The van der Waals surface area contributed by atoms with Crippen LogP contribution in [0, 0.1) is 0 Å². The summed E-state index contributed by atoms with van der Waals surface area (Å²) < 4.78 is 0. The Labute approximate surface area is 162 Å². The van der Waals surface area contributed by atoms with Crippen molar-refractivity contribution in [3.8, 4) is 0 Å². The van der Waals surface area contributed by atoms with Gasteiger partial charge in [-0.3, -0.25) is 9.98 Å². The number of para-hydroxylation sites is 1. The first-order valence-corrected chi connectivity index (χ1v) is 7.17. The van der Waals surface area contributed by atoms with E-state index in [1.807, 2.05) is 24.4 Å². The van der Waals surface area contributed by atoms with Crippen LogP contribution in [0.5, 0.6) is 0 Å². The van der Waals surface area contributed by atoms with Crippen molar-refractivity contribution in [2.75, 3.05) is 0 Å². The van der Waals surface area contributed by atoms with E-state index < -0.39 is 0 Å². The normalized spacial score (nSPS) is 10.2. The van der Waals surface area contributed by atoms with Crippen LogP contribution in [0.15, 0.2) is 47.6 Å². The Kier molecular flexibility index (Phi) is 12.3. The summed E-state index contributed by atoms with van der Waals surface area (Å²) in [4.78, 5) is 9.02. The number of pyridine rings is 1. The molecule has 5 heteroatoms. The molecule has 0 aliphatic rings. The summed E-state index contributed by atoms with van der Waals surface area (Å²) >= 11 is 0. The fourth-order valence-electron chi connectivity index (χ4n) is 2.24. The average molecular weight is 396 g/mol. The molecule has 0 saturated carbocycles. The monoisotopic (exact) mass is 394 g/mol. The zero-order valence-electron chi connectivity index (χ0n) is 13.7. The third kappa shape index (κ3) is 6.63. The van der Waals surface area contributed by atoms with Gasteiger partial charge in [-0.25, -0.2) is 0 Å². The van der Waals surface area contributed by atoms with Crippen LogP contribution in [0.3, 0.4) is 0 Å². The average Bonchev–Trinajstić information content (AvgIpc) is 2.45. The maximum absolute atomic E-state index is 4.73. The topological polar surface area (TPSA) is 25.2 Å². The summed E-state index contributed by atoms with van der Waals surface area (Å²) in [5.41, 5.74) is 4.58. The van der Waals surface area contributed by atoms with E-state index in [0.717, 1.165) is 11.4 Å². The van der Waals surface area contributed by atoms with Gasteiger partial charge in [-0.2, -0.15) is 0 Å². The fourth-order valence-corrected chi connectivity index (χ4v) is 2.24. The molecule has 1 aromatic carbocycles. The van der Waals surface area contributed by atoms with Gasteiger partial charge >= 0.3 is 16.5 Å². The largest absolute Gasteiger partial charge is 2.00 e. The van der Waals surface area contributed by atoms with Gasteiger partial charge in [0, 0.05) is 6.20 Å². The number of hydrogen-bond donors (Lipinski definition) is 0. The van der Waals surface area contributed by atoms with Crippen molar-refractivity contribution in [1.29, 1.82) is 0 Å². The molecule has 0 bridgehead atoms. The Balaban J connectivity index is 0. The number of rotatable bonds is 4. The molecule has 0 spiro atoms. The van der Waals surface area contributed by atoms with Gasteiger partial charge in [0.2, 0.25) is 0 Å². The second-order valence-electron chi connectivity index (χ2n) is 5.61. The predicted molar refractivity (Wildman–Crippen MR) is 86.1 cm³/mol. The molecule has 0 aliphatic heterocycles. The van der Waals surface area contributed by atoms with Gasteiger partial charge in [0.15, 0.2) is 0 Å². The molecule has 128 valence electrons. The van der Waals surface area contributed by atoms with E-state index in [0.29, 0.717) is 11.8 Å². The van der Waals surface area contributed by atoms with Crippen LogP contribution in [-0.4, -0.2) is 11.2 Å². The molecule has 2 aromatic rings. The number of benzene rings is 1. The van der Waals surface area contributed by atoms with Gasteiger partial charge in [-0.1, -0.05) is 52.0 Å². The van der Waals surface area contributed by atoms with Crippen LogP contribution in [0.4, 0.5) is 5.69 Å². The third-order valence-electron chi connectivity index (χ3n) is 3.36. The quantitative estimate of drug-likeness (QED) is 0.486. The van der Waals surface area contributed by atoms with Crippen molar-refractivity contribution in [2.45, 2.75) is 39.5 Å². The van der Waals surface area contributed by atoms with Crippen LogP contribution in [0.25, 0.3) is 0 Å². The Morgan fingerprint density at radius 2 is 1.43 bits per heavy atom. The molecule has 2 rings (SSSR count). The van der Waals surface area contributed by atoms with Crippen molar-refractivity contribution < 1.29 is 41.3 Å². The second kappa shape index (κ2) is 11.6. The van der Waals surface area contributed by atoms with Crippen LogP contribution < -0.4 is 24.8 Å². The Morgan fingerprint density at radius 3 is 1.87 bits per heavy atom. The first kappa shape index (κ1) is 24.4. The van der Waals surface area contributed by atoms with E-state index in [4.69, 9.17) is 4.99 Å². The SMILES string of the molecule is CC(C)c1cccc(C(C)C)c1N=Cc1ccccn1.[Cl-].[Cl-].[Ni+2]. The van der Waals surface area contributed by atoms with Gasteiger partial charge < -0.3 is 24.8 Å². The predicted octanol–water partition coefficient (Wildman–Crippen LogP) is -0.915. The van der Waals surface area contributed by atoms with Gasteiger partial charge in [0.1, 0.15) is 0 Å². The van der Waals surface area contributed by atoms with Crippen molar-refractivity contribution in [3.63, 3.8) is 0 Å². The maximum Gasteiger partial charge on any atom is 2.00 e. The van der Waals surface area contributed by atoms with Crippen molar-refractivity contribution >= 4 is 11.9 Å². The van der Waals surface area contributed by atoms with Crippen LogP contribution in [0.1, 0.15) is 56.4 Å². The molecule has 0 fully saturated rings. The van der Waals surface area contributed by atoms with E-state index in [1.165, 1.54) is 11.1 Å². The Hall–Kier alpha value is -0.886. The van der Waals surface area contributed by atoms with E-state index in [9.17, 15) is 0 Å². The van der Waals surface area contributed by atoms with E-state index in [1.54, 1.807) is 6.20 Å². The minimum Gasteiger partial charge on any atom is -1.00 e. The van der Waals surface area contributed by atoms with Gasteiger partial charge in [-0.15, -0.1) is 0 Å². The van der Waals surface area contributed by atoms with Crippen molar-refractivity contribution in [1.82, 2.24) is 4.98 Å². The number of aromatic nitrogens is 1. The van der Waals surface area contributed by atoms with Crippen LogP contribution in [-0.2, 0) is 16.5 Å². The smallest absolute Gasteiger partial charge is 1.00 e. The van der Waals surface area contributed by atoms with Crippen molar-refractivity contribution in [3.05, 3.63) is 59.4 Å². The number of nitrogens with zero attached hydrogens (tertiary/aromatic N) is 2. The summed E-state index contributed by atoms with van der Waals surface area (Å²) in [5.74, 6) is 0.925. The minimum atomic E-state index is 0. The number of aliphatic imine (C=N–C) groups is 1. The summed E-state index contributed by atoms with van der Waals surface area (Å²) in [6.07, 6.45) is 3.64. The molecule has 0 atom stereocenters. The molecule has 23 heavy (non-hydrogen) atoms. The third-order valence-corrected chi connectivity index (χ3v) is 3.36. The Bertz CT molecular complexity index is 573. The molecular weight excluding hydrogens is 374 g/mol. The summed E-state index contributed by atoms with van der Waals surface area (Å²) in [7, 11) is 0. The zero-order valence-corrected chi connectivity index (χ0v) is 16.2. The van der Waals surface area contributed by atoms with E-state index in [-0.39, 0.29) is 41.3 Å². The first-order chi connectivity index (χ1) is 9.59. The van der Waals surface area contributed by atoms with E-state index >= 15 is 0 Å². The Morgan fingerprint density at radius 1 is 0.870 bits per heavy atom. The molecule has 0 amide bonds. The number of hydrogen-bond acceptors (Lipinski definition) is 2. The van der Waals surface area contributed by atoms with E-state index in [2.05, 4.69) is 50.9 Å². The molecule has 2 nitrogen and oxygen atoms in total. The fraction of sp³-hybridized carbons (Fsp3) is 0.333. The summed E-state index contributed by atoms with van der Waals surface area (Å²) in [6, 6.07) is 12.3. The molecule has 1 heterocycles. The van der Waals surface area contributed by atoms with Gasteiger partial charge in [0.05, 0.1) is 17.6 Å². The van der Waals surface area contributed by atoms with Gasteiger partial charge in [-0.05, 0) is 35.1 Å². The molecular formula is C18H22Cl2N2Ni. The van der Waals surface area contributed by atoms with Gasteiger partial charge in [0.25, 0.3) is 0 Å². The number of halogens is 2. The zero-order chi connectivity index (χ0) is 14.5. The molecule has 0 radical (unpaired) electrons. The molecule has 0 N–H and O–H groups in total. The summed E-state index contributed by atoms with van der Waals surface area (Å²) in [6.45, 7) is 8.83. The summed E-state index contributed by atoms with van der Waals surface area (Å²) in [5, 5.41) is 0. The molecule has 0 aliphatic carbocycles. The molecule has 0 saturated heterocycles. The second-order valence-corrected chi connectivity index (χ2v) is 5.61. The minimum absolute atomic E-state index is 0. The van der Waals surface area contributed by atoms with Crippen LogP contribution in [0.2, 0.25) is 0 Å². The molecule has 0 unspecified atom stereocenters.